The van der Waals surface area contributed by atoms with E-state index in [4.69, 9.17) is 5.11 Å². The molecule has 0 fully saturated rings. The normalized spacial score (nSPS) is 20.3. The molecule has 1 heterocycles. The van der Waals surface area contributed by atoms with E-state index in [1.165, 1.54) is 5.56 Å². The number of hydrogen-bond acceptors (Lipinski definition) is 1. The first-order valence-corrected chi connectivity index (χ1v) is 5.52. The third-order valence-electron chi connectivity index (χ3n) is 3.17. The first kappa shape index (κ1) is 10.3. The summed E-state index contributed by atoms with van der Waals surface area (Å²) >= 11 is 0. The summed E-state index contributed by atoms with van der Waals surface area (Å²) in [5, 5.41) is 9.12. The van der Waals surface area contributed by atoms with Gasteiger partial charge in [0.2, 0.25) is 0 Å². The molecule has 1 aromatic rings. The number of carboxylic acid groups (broad SMARTS) is 1. The highest BCUT2D eigenvalue weighted by molar-refractivity contribution is 5.77. The molecule has 3 heteroatoms. The molecule has 1 aliphatic rings. The molecule has 0 radical (unpaired) electrons. The van der Waals surface area contributed by atoms with Crippen LogP contribution in [-0.4, -0.2) is 15.6 Å². The number of nitrogens with zero attached hydrogens (tertiary/aromatic N) is 1. The van der Waals surface area contributed by atoms with Crippen LogP contribution in [0.25, 0.3) is 0 Å². The van der Waals surface area contributed by atoms with Gasteiger partial charge in [-0.25, -0.2) is 0 Å². The zero-order valence-electron chi connectivity index (χ0n) is 9.23. The second kappa shape index (κ2) is 3.72. The van der Waals surface area contributed by atoms with E-state index >= 15 is 0 Å². The molecule has 0 aromatic carbocycles. The van der Waals surface area contributed by atoms with Crippen molar-refractivity contribution in [1.82, 2.24) is 4.57 Å². The van der Waals surface area contributed by atoms with E-state index in [0.717, 1.165) is 24.8 Å². The lowest BCUT2D eigenvalue weighted by Gasteiger charge is -2.18. The summed E-state index contributed by atoms with van der Waals surface area (Å²) in [6, 6.07) is 0.407. The van der Waals surface area contributed by atoms with Crippen molar-refractivity contribution < 1.29 is 9.90 Å². The zero-order valence-corrected chi connectivity index (χ0v) is 9.23. The number of aliphatic carboxylic acids is 1. The molecule has 15 heavy (non-hydrogen) atoms. The fourth-order valence-electron chi connectivity index (χ4n) is 2.26. The number of aryl methyl sites for hydroxylation is 1. The molecule has 1 atom stereocenters. The lowest BCUT2D eigenvalue weighted by Crippen LogP contribution is -2.16. The van der Waals surface area contributed by atoms with Gasteiger partial charge in [-0.2, -0.15) is 0 Å². The van der Waals surface area contributed by atoms with Crippen LogP contribution in [0.3, 0.4) is 0 Å². The summed E-state index contributed by atoms with van der Waals surface area (Å²) in [7, 11) is 0. The van der Waals surface area contributed by atoms with Gasteiger partial charge in [-0.05, 0) is 44.2 Å². The van der Waals surface area contributed by atoms with Crippen LogP contribution in [0.4, 0.5) is 0 Å². The van der Waals surface area contributed by atoms with E-state index in [9.17, 15) is 4.79 Å². The van der Waals surface area contributed by atoms with Gasteiger partial charge < -0.3 is 9.67 Å². The fraction of sp³-hybridized carbons (Fsp3) is 0.583. The Bertz CT molecular complexity index is 379. The standard InChI is InChI=1S/C12H17NO2/c1-8(2)13-6-9-4-3-5-10(12(14)15)11(9)7-13/h6-8,10H,3-5H2,1-2H3,(H,14,15). The van der Waals surface area contributed by atoms with Crippen molar-refractivity contribution >= 4 is 5.97 Å². The smallest absolute Gasteiger partial charge is 0.311 e. The molecule has 0 aliphatic heterocycles. The monoisotopic (exact) mass is 207 g/mol. The molecule has 1 unspecified atom stereocenters. The maximum absolute atomic E-state index is 11.1. The second-order valence-electron chi connectivity index (χ2n) is 4.56. The summed E-state index contributed by atoms with van der Waals surface area (Å²) < 4.78 is 2.12. The van der Waals surface area contributed by atoms with Crippen LogP contribution < -0.4 is 0 Å². The second-order valence-corrected chi connectivity index (χ2v) is 4.56. The first-order valence-electron chi connectivity index (χ1n) is 5.52. The maximum atomic E-state index is 11.1. The van der Waals surface area contributed by atoms with Gasteiger partial charge in [-0.3, -0.25) is 4.79 Å². The molecule has 1 aliphatic carbocycles. The summed E-state index contributed by atoms with van der Waals surface area (Å²) in [4.78, 5) is 11.1. The Balaban J connectivity index is 2.38. The Morgan fingerprint density at radius 1 is 1.53 bits per heavy atom. The predicted molar refractivity (Wildman–Crippen MR) is 58.1 cm³/mol. The molecule has 0 saturated carbocycles. The van der Waals surface area contributed by atoms with Crippen LogP contribution in [0.2, 0.25) is 0 Å². The SMILES string of the molecule is CC(C)n1cc2c(c1)C(C(=O)O)CCC2. The quantitative estimate of drug-likeness (QED) is 0.809. The largest absolute Gasteiger partial charge is 0.481 e. The Morgan fingerprint density at radius 3 is 2.87 bits per heavy atom. The average Bonchev–Trinajstić information content (AvgIpc) is 2.60. The molecule has 1 N–H and O–H groups in total. The van der Waals surface area contributed by atoms with Crippen LogP contribution in [0.5, 0.6) is 0 Å². The Labute approximate surface area is 89.7 Å². The van der Waals surface area contributed by atoms with Crippen LogP contribution >= 0.6 is 0 Å². The van der Waals surface area contributed by atoms with E-state index in [2.05, 4.69) is 24.6 Å². The number of rotatable bonds is 2. The van der Waals surface area contributed by atoms with Crippen LogP contribution in [0.15, 0.2) is 12.4 Å². The van der Waals surface area contributed by atoms with Crippen LogP contribution in [0.1, 0.15) is 49.8 Å². The van der Waals surface area contributed by atoms with Gasteiger partial charge in [0, 0.05) is 18.4 Å². The van der Waals surface area contributed by atoms with Gasteiger partial charge in [0.25, 0.3) is 0 Å². The van der Waals surface area contributed by atoms with Crippen molar-refractivity contribution in [3.05, 3.63) is 23.5 Å². The van der Waals surface area contributed by atoms with Gasteiger partial charge in [-0.15, -0.1) is 0 Å². The van der Waals surface area contributed by atoms with Gasteiger partial charge in [-0.1, -0.05) is 0 Å². The summed E-state index contributed by atoms with van der Waals surface area (Å²) in [6.45, 7) is 4.22. The van der Waals surface area contributed by atoms with E-state index in [-0.39, 0.29) is 5.92 Å². The van der Waals surface area contributed by atoms with Gasteiger partial charge >= 0.3 is 5.97 Å². The topological polar surface area (TPSA) is 42.2 Å². The molecule has 0 bridgehead atoms. The Kier molecular flexibility index (Phi) is 2.55. The van der Waals surface area contributed by atoms with E-state index in [0.29, 0.717) is 6.04 Å². The highest BCUT2D eigenvalue weighted by Gasteiger charge is 2.27. The van der Waals surface area contributed by atoms with Crippen molar-refractivity contribution in [3.8, 4) is 0 Å². The molecule has 3 nitrogen and oxygen atoms in total. The molecule has 0 spiro atoms. The molecular weight excluding hydrogens is 190 g/mol. The van der Waals surface area contributed by atoms with Crippen molar-refractivity contribution in [2.24, 2.45) is 0 Å². The number of carboxylic acids is 1. The summed E-state index contributed by atoms with van der Waals surface area (Å²) in [6.07, 6.45) is 6.92. The number of hydrogen-bond donors (Lipinski definition) is 1. The zero-order chi connectivity index (χ0) is 11.0. The average molecular weight is 207 g/mol. The number of aromatic nitrogens is 1. The minimum absolute atomic E-state index is 0.284. The number of carbonyl (C=O) groups is 1. The van der Waals surface area contributed by atoms with E-state index < -0.39 is 5.97 Å². The van der Waals surface area contributed by atoms with Gasteiger partial charge in [0.15, 0.2) is 0 Å². The van der Waals surface area contributed by atoms with E-state index in [1.807, 2.05) is 6.20 Å². The molecule has 1 aromatic heterocycles. The van der Waals surface area contributed by atoms with Crippen LogP contribution in [-0.2, 0) is 11.2 Å². The van der Waals surface area contributed by atoms with Gasteiger partial charge in [0.05, 0.1) is 5.92 Å². The lowest BCUT2D eigenvalue weighted by atomic mass is 9.86. The van der Waals surface area contributed by atoms with Crippen LogP contribution in [0, 0.1) is 0 Å². The molecule has 2 rings (SSSR count). The number of fused-ring (bicyclic) bond motifs is 1. The fourth-order valence-corrected chi connectivity index (χ4v) is 2.26. The summed E-state index contributed by atoms with van der Waals surface area (Å²) in [5.74, 6) is -0.966. The van der Waals surface area contributed by atoms with Gasteiger partial charge in [0.1, 0.15) is 0 Å². The minimum atomic E-state index is -0.683. The Hall–Kier alpha value is -1.25. The maximum Gasteiger partial charge on any atom is 0.311 e. The summed E-state index contributed by atoms with van der Waals surface area (Å²) in [5.41, 5.74) is 2.25. The molecule has 0 amide bonds. The molecule has 82 valence electrons. The predicted octanol–water partition coefficient (Wildman–Crippen LogP) is 2.57. The molecular formula is C12H17NO2. The third kappa shape index (κ3) is 1.78. The minimum Gasteiger partial charge on any atom is -0.481 e. The highest BCUT2D eigenvalue weighted by Crippen LogP contribution is 2.33. The van der Waals surface area contributed by atoms with Crippen molar-refractivity contribution in [2.45, 2.75) is 45.1 Å². The van der Waals surface area contributed by atoms with E-state index in [1.54, 1.807) is 0 Å². The third-order valence-corrected chi connectivity index (χ3v) is 3.17. The van der Waals surface area contributed by atoms with Crippen molar-refractivity contribution in [1.29, 1.82) is 0 Å². The van der Waals surface area contributed by atoms with Crippen molar-refractivity contribution in [3.63, 3.8) is 0 Å². The Morgan fingerprint density at radius 2 is 2.27 bits per heavy atom. The van der Waals surface area contributed by atoms with Crippen molar-refractivity contribution in [2.75, 3.05) is 0 Å². The highest BCUT2D eigenvalue weighted by atomic mass is 16.4. The first-order chi connectivity index (χ1) is 7.09. The lowest BCUT2D eigenvalue weighted by molar-refractivity contribution is -0.139. The molecule has 0 saturated heterocycles.